The zero-order valence-electron chi connectivity index (χ0n) is 26.4. The average Bonchev–Trinajstić information content (AvgIpc) is 3.42. The van der Waals surface area contributed by atoms with Gasteiger partial charge in [0.1, 0.15) is 12.3 Å². The third kappa shape index (κ3) is 7.98. The number of carbonyl (C=O) groups is 2. The Morgan fingerprint density at radius 3 is 2.16 bits per heavy atom. The Kier molecular flexibility index (Phi) is 10.9. The number of carbonyl (C=O) groups excluding carboxylic acids is 2. The smallest absolute Gasteiger partial charge is 0.322 e. The zero-order valence-corrected chi connectivity index (χ0v) is 26.4. The summed E-state index contributed by atoms with van der Waals surface area (Å²) in [6.07, 6.45) is 3.47. The Labute approximate surface area is 256 Å². The molecule has 0 saturated carbocycles. The molecule has 0 bridgehead atoms. The van der Waals surface area contributed by atoms with Crippen molar-refractivity contribution in [1.29, 1.82) is 0 Å². The molecule has 0 unspecified atom stereocenters. The number of rotatable bonds is 13. The van der Waals surface area contributed by atoms with Gasteiger partial charge in [0.2, 0.25) is 5.91 Å². The number of ether oxygens (including phenoxy) is 1. The van der Waals surface area contributed by atoms with Crippen LogP contribution in [0.2, 0.25) is 0 Å². The van der Waals surface area contributed by atoms with Gasteiger partial charge in [-0.05, 0) is 65.1 Å². The highest BCUT2D eigenvalue weighted by Crippen LogP contribution is 2.32. The van der Waals surface area contributed by atoms with Crippen molar-refractivity contribution in [1.82, 2.24) is 14.8 Å². The number of amides is 3. The first-order valence-corrected chi connectivity index (χ1v) is 15.4. The van der Waals surface area contributed by atoms with E-state index < -0.39 is 0 Å². The van der Waals surface area contributed by atoms with Gasteiger partial charge in [0, 0.05) is 42.4 Å². The summed E-state index contributed by atoms with van der Waals surface area (Å²) < 4.78 is 5.32. The van der Waals surface area contributed by atoms with Gasteiger partial charge in [0.15, 0.2) is 0 Å². The first-order valence-electron chi connectivity index (χ1n) is 15.4. The molecule has 0 fully saturated rings. The number of fused-ring (bicyclic) bond motifs is 1. The second kappa shape index (κ2) is 14.8. The topological polar surface area (TPSA) is 77.7 Å². The van der Waals surface area contributed by atoms with Gasteiger partial charge in [-0.15, -0.1) is 0 Å². The van der Waals surface area contributed by atoms with Crippen LogP contribution < -0.4 is 10.1 Å². The number of urea groups is 1. The summed E-state index contributed by atoms with van der Waals surface area (Å²) in [5.74, 6) is 1.19. The maximum atomic E-state index is 14.0. The molecule has 3 aromatic carbocycles. The fraction of sp³-hybridized carbons (Fsp3) is 0.389. The molecule has 43 heavy (non-hydrogen) atoms. The quantitative estimate of drug-likeness (QED) is 0.168. The van der Waals surface area contributed by atoms with Crippen molar-refractivity contribution in [2.45, 2.75) is 65.8 Å². The van der Waals surface area contributed by atoms with Crippen molar-refractivity contribution >= 4 is 28.5 Å². The number of nitrogens with one attached hydrogen (secondary N) is 2. The highest BCUT2D eigenvalue weighted by Gasteiger charge is 2.24. The lowest BCUT2D eigenvalue weighted by molar-refractivity contribution is -0.132. The van der Waals surface area contributed by atoms with Crippen LogP contribution in [0.3, 0.4) is 0 Å². The number of aromatic nitrogens is 1. The van der Waals surface area contributed by atoms with E-state index in [4.69, 9.17) is 4.74 Å². The Morgan fingerprint density at radius 2 is 1.53 bits per heavy atom. The lowest BCUT2D eigenvalue weighted by atomic mass is 9.93. The average molecular weight is 583 g/mol. The van der Waals surface area contributed by atoms with Crippen molar-refractivity contribution in [3.05, 3.63) is 95.2 Å². The van der Waals surface area contributed by atoms with Crippen molar-refractivity contribution in [2.24, 2.45) is 0 Å². The molecule has 4 aromatic rings. The molecule has 1 aromatic heterocycles. The van der Waals surface area contributed by atoms with Gasteiger partial charge in [-0.2, -0.15) is 0 Å². The molecule has 0 aliphatic heterocycles. The first kappa shape index (κ1) is 31.7. The van der Waals surface area contributed by atoms with Crippen LogP contribution in [0.4, 0.5) is 10.5 Å². The van der Waals surface area contributed by atoms with E-state index in [1.807, 2.05) is 54.4 Å². The fourth-order valence-corrected chi connectivity index (χ4v) is 5.50. The Hall–Kier alpha value is -4.26. The van der Waals surface area contributed by atoms with Crippen LogP contribution in [0.25, 0.3) is 10.9 Å². The SMILES string of the molecule is CCCN(CC(=O)N(CCc1c[nH]c2ccccc12)Cc1ccc(OC)cc1)C(=O)Nc1c(C(C)C)cccc1C(C)C. The molecule has 7 nitrogen and oxygen atoms in total. The maximum Gasteiger partial charge on any atom is 0.322 e. The predicted molar refractivity (Wildman–Crippen MR) is 176 cm³/mol. The minimum absolute atomic E-state index is 0.00453. The monoisotopic (exact) mass is 582 g/mol. The van der Waals surface area contributed by atoms with E-state index in [0.717, 1.165) is 51.0 Å². The summed E-state index contributed by atoms with van der Waals surface area (Å²) in [7, 11) is 1.64. The van der Waals surface area contributed by atoms with Gasteiger partial charge in [0.05, 0.1) is 7.11 Å². The van der Waals surface area contributed by atoms with Gasteiger partial charge in [-0.1, -0.05) is 83.1 Å². The second-order valence-electron chi connectivity index (χ2n) is 11.7. The number of para-hydroxylation sites is 2. The molecule has 0 saturated heterocycles. The van der Waals surface area contributed by atoms with Crippen LogP contribution >= 0.6 is 0 Å². The summed E-state index contributed by atoms with van der Waals surface area (Å²) in [5.41, 5.74) is 6.31. The lowest BCUT2D eigenvalue weighted by Crippen LogP contribution is -2.45. The van der Waals surface area contributed by atoms with Crippen LogP contribution in [0, 0.1) is 0 Å². The van der Waals surface area contributed by atoms with E-state index in [0.29, 0.717) is 26.1 Å². The van der Waals surface area contributed by atoms with Gasteiger partial charge in [-0.25, -0.2) is 4.79 Å². The first-order chi connectivity index (χ1) is 20.7. The van der Waals surface area contributed by atoms with Crippen LogP contribution in [0.1, 0.15) is 75.1 Å². The number of hydrogen-bond acceptors (Lipinski definition) is 3. The van der Waals surface area contributed by atoms with Crippen molar-refractivity contribution in [3.8, 4) is 5.75 Å². The third-order valence-corrected chi connectivity index (χ3v) is 7.92. The molecule has 1 heterocycles. The van der Waals surface area contributed by atoms with Crippen molar-refractivity contribution in [3.63, 3.8) is 0 Å². The largest absolute Gasteiger partial charge is 0.497 e. The van der Waals surface area contributed by atoms with Gasteiger partial charge in [0.25, 0.3) is 0 Å². The molecule has 0 spiro atoms. The van der Waals surface area contributed by atoms with Crippen LogP contribution in [-0.4, -0.2) is 53.5 Å². The standard InChI is InChI=1S/C36H46N4O3/c1-7-20-40(36(42)38-35-30(25(2)3)12-10-13-31(35)26(4)5)24-34(41)39(23-27-15-17-29(43-6)18-16-27)21-19-28-22-37-33-14-9-8-11-32(28)33/h8-18,22,25-26,37H,7,19-21,23-24H2,1-6H3,(H,38,42). The van der Waals surface area contributed by atoms with E-state index in [-0.39, 0.29) is 30.3 Å². The van der Waals surface area contributed by atoms with E-state index >= 15 is 0 Å². The number of hydrogen-bond donors (Lipinski definition) is 2. The number of nitrogens with zero attached hydrogens (tertiary/aromatic N) is 2. The Morgan fingerprint density at radius 1 is 0.860 bits per heavy atom. The molecule has 228 valence electrons. The van der Waals surface area contributed by atoms with Gasteiger partial charge >= 0.3 is 6.03 Å². The Balaban J connectivity index is 1.56. The second-order valence-corrected chi connectivity index (χ2v) is 11.7. The molecule has 0 aliphatic carbocycles. The molecular weight excluding hydrogens is 536 g/mol. The number of methoxy groups -OCH3 is 1. The number of H-pyrrole nitrogens is 1. The molecule has 0 radical (unpaired) electrons. The number of aromatic amines is 1. The van der Waals surface area contributed by atoms with Crippen LogP contribution in [-0.2, 0) is 17.8 Å². The Bertz CT molecular complexity index is 1480. The molecule has 0 atom stereocenters. The maximum absolute atomic E-state index is 14.0. The molecule has 0 aliphatic rings. The summed E-state index contributed by atoms with van der Waals surface area (Å²) in [4.78, 5) is 34.6. The fourth-order valence-electron chi connectivity index (χ4n) is 5.50. The summed E-state index contributed by atoms with van der Waals surface area (Å²) in [6.45, 7) is 12.0. The summed E-state index contributed by atoms with van der Waals surface area (Å²) in [6, 6.07) is 21.9. The zero-order chi connectivity index (χ0) is 30.9. The summed E-state index contributed by atoms with van der Waals surface area (Å²) in [5, 5.41) is 4.37. The predicted octanol–water partition coefficient (Wildman–Crippen LogP) is 7.94. The normalized spacial score (nSPS) is 11.3. The third-order valence-electron chi connectivity index (χ3n) is 7.92. The molecule has 2 N–H and O–H groups in total. The van der Waals surface area contributed by atoms with E-state index in [1.54, 1.807) is 12.0 Å². The summed E-state index contributed by atoms with van der Waals surface area (Å²) >= 11 is 0. The van der Waals surface area contributed by atoms with E-state index in [2.05, 4.69) is 68.3 Å². The van der Waals surface area contributed by atoms with E-state index in [1.165, 1.54) is 0 Å². The minimum atomic E-state index is -0.244. The van der Waals surface area contributed by atoms with Crippen LogP contribution in [0.15, 0.2) is 72.9 Å². The number of anilines is 1. The highest BCUT2D eigenvalue weighted by atomic mass is 16.5. The van der Waals surface area contributed by atoms with E-state index in [9.17, 15) is 9.59 Å². The highest BCUT2D eigenvalue weighted by molar-refractivity contribution is 5.94. The molecular formula is C36H46N4O3. The minimum Gasteiger partial charge on any atom is -0.497 e. The molecule has 3 amide bonds. The van der Waals surface area contributed by atoms with Crippen molar-refractivity contribution in [2.75, 3.05) is 32.1 Å². The lowest BCUT2D eigenvalue weighted by Gasteiger charge is -2.29. The molecule has 7 heteroatoms. The van der Waals surface area contributed by atoms with Crippen molar-refractivity contribution < 1.29 is 14.3 Å². The van der Waals surface area contributed by atoms with Gasteiger partial charge < -0.3 is 24.8 Å². The molecule has 4 rings (SSSR count). The number of benzene rings is 3. The van der Waals surface area contributed by atoms with Gasteiger partial charge in [-0.3, -0.25) is 4.79 Å². The van der Waals surface area contributed by atoms with Crippen LogP contribution in [0.5, 0.6) is 5.75 Å².